The van der Waals surface area contributed by atoms with Crippen LogP contribution in [0.3, 0.4) is 0 Å². The van der Waals surface area contributed by atoms with E-state index in [9.17, 15) is 4.79 Å². The van der Waals surface area contributed by atoms with Crippen LogP contribution in [0.4, 0.5) is 0 Å². The molecule has 0 spiro atoms. The minimum absolute atomic E-state index is 0. The number of aliphatic carboxylic acids is 1. The molecule has 3 N–H and O–H groups in total. The highest BCUT2D eigenvalue weighted by Gasteiger charge is 2.07. The molecule has 0 bridgehead atoms. The summed E-state index contributed by atoms with van der Waals surface area (Å²) < 4.78 is 0. The number of carboxylic acids is 1. The van der Waals surface area contributed by atoms with Gasteiger partial charge in [-0.05, 0) is 24.1 Å². The van der Waals surface area contributed by atoms with Crippen LogP contribution in [-0.2, 0) is 4.79 Å². The summed E-state index contributed by atoms with van der Waals surface area (Å²) in [6.45, 7) is 0. The molecule has 6 heteroatoms. The molecule has 0 radical (unpaired) electrons. The predicted octanol–water partition coefficient (Wildman–Crippen LogP) is 1.79. The Morgan fingerprint density at radius 3 is 2.40 bits per heavy atom. The van der Waals surface area contributed by atoms with E-state index >= 15 is 0 Å². The molecular formula is C9H14Cl2N2O2. The summed E-state index contributed by atoms with van der Waals surface area (Å²) in [5, 5.41) is 8.44. The van der Waals surface area contributed by atoms with Gasteiger partial charge in [0.25, 0.3) is 0 Å². The molecule has 0 aliphatic carbocycles. The van der Waals surface area contributed by atoms with Gasteiger partial charge in [0.15, 0.2) is 0 Å². The molecule has 0 aromatic carbocycles. The number of nitrogens with two attached hydrogens (primary N) is 1. The van der Waals surface area contributed by atoms with Gasteiger partial charge >= 0.3 is 5.97 Å². The molecule has 1 aromatic rings. The quantitative estimate of drug-likeness (QED) is 0.857. The second-order valence-electron chi connectivity index (χ2n) is 2.82. The zero-order chi connectivity index (χ0) is 9.68. The van der Waals surface area contributed by atoms with Crippen LogP contribution in [0.2, 0.25) is 0 Å². The predicted molar refractivity (Wildman–Crippen MR) is 62.5 cm³/mol. The minimum atomic E-state index is -0.815. The van der Waals surface area contributed by atoms with Crippen LogP contribution in [0.25, 0.3) is 0 Å². The Balaban J connectivity index is 0. The van der Waals surface area contributed by atoms with E-state index in [2.05, 4.69) is 4.98 Å². The molecule has 0 aliphatic rings. The van der Waals surface area contributed by atoms with Crippen molar-refractivity contribution in [3.8, 4) is 0 Å². The van der Waals surface area contributed by atoms with E-state index in [0.717, 1.165) is 5.56 Å². The molecule has 0 saturated heterocycles. The van der Waals surface area contributed by atoms with E-state index < -0.39 is 5.97 Å². The first-order valence-corrected chi connectivity index (χ1v) is 4.07. The number of rotatable bonds is 4. The number of halogens is 2. The number of hydrogen-bond acceptors (Lipinski definition) is 3. The van der Waals surface area contributed by atoms with E-state index in [0.29, 0.717) is 6.42 Å². The SMILES string of the molecule is Cl.Cl.N[C@@H](CCC(=O)O)c1ccncc1. The smallest absolute Gasteiger partial charge is 0.303 e. The first-order valence-electron chi connectivity index (χ1n) is 4.07. The molecular weight excluding hydrogens is 239 g/mol. The van der Waals surface area contributed by atoms with Crippen LogP contribution in [0.15, 0.2) is 24.5 Å². The Labute approximate surface area is 101 Å². The van der Waals surface area contributed by atoms with Crippen molar-refractivity contribution in [3.63, 3.8) is 0 Å². The van der Waals surface area contributed by atoms with Crippen molar-refractivity contribution in [2.24, 2.45) is 5.73 Å². The maximum absolute atomic E-state index is 10.3. The molecule has 1 atom stereocenters. The van der Waals surface area contributed by atoms with Gasteiger partial charge in [0.05, 0.1) is 0 Å². The summed E-state index contributed by atoms with van der Waals surface area (Å²) in [5.41, 5.74) is 6.68. The number of carbonyl (C=O) groups is 1. The maximum Gasteiger partial charge on any atom is 0.303 e. The molecule has 0 unspecified atom stereocenters. The summed E-state index contributed by atoms with van der Waals surface area (Å²) in [4.78, 5) is 14.1. The average molecular weight is 253 g/mol. The van der Waals surface area contributed by atoms with Crippen molar-refractivity contribution < 1.29 is 9.90 Å². The van der Waals surface area contributed by atoms with E-state index in [1.165, 1.54) is 0 Å². The summed E-state index contributed by atoms with van der Waals surface area (Å²) >= 11 is 0. The third-order valence-electron chi connectivity index (χ3n) is 1.80. The minimum Gasteiger partial charge on any atom is -0.481 e. The van der Waals surface area contributed by atoms with Crippen molar-refractivity contribution in [2.75, 3.05) is 0 Å². The Morgan fingerprint density at radius 2 is 1.93 bits per heavy atom. The summed E-state index contributed by atoms with van der Waals surface area (Å²) in [7, 11) is 0. The van der Waals surface area contributed by atoms with Gasteiger partial charge in [0.1, 0.15) is 0 Å². The fourth-order valence-electron chi connectivity index (χ4n) is 1.06. The zero-order valence-electron chi connectivity index (χ0n) is 8.00. The standard InChI is InChI=1S/C9H12N2O2.2ClH/c10-8(1-2-9(12)13)7-3-5-11-6-4-7;;/h3-6,8H,1-2,10H2,(H,12,13);2*1H/t8-;;/m0../s1. The van der Waals surface area contributed by atoms with E-state index in [1.54, 1.807) is 24.5 Å². The van der Waals surface area contributed by atoms with E-state index in [4.69, 9.17) is 10.8 Å². The van der Waals surface area contributed by atoms with Crippen LogP contribution < -0.4 is 5.73 Å². The lowest BCUT2D eigenvalue weighted by Gasteiger charge is -2.09. The monoisotopic (exact) mass is 252 g/mol. The summed E-state index contributed by atoms with van der Waals surface area (Å²) in [6, 6.07) is 3.39. The molecule has 1 rings (SSSR count). The van der Waals surface area contributed by atoms with Gasteiger partial charge in [-0.15, -0.1) is 24.8 Å². The zero-order valence-corrected chi connectivity index (χ0v) is 9.63. The van der Waals surface area contributed by atoms with Gasteiger partial charge in [0.2, 0.25) is 0 Å². The first kappa shape index (κ1) is 16.6. The fourth-order valence-corrected chi connectivity index (χ4v) is 1.06. The fraction of sp³-hybridized carbons (Fsp3) is 0.333. The highest BCUT2D eigenvalue weighted by Crippen LogP contribution is 2.13. The van der Waals surface area contributed by atoms with E-state index in [1.807, 2.05) is 0 Å². The summed E-state index contributed by atoms with van der Waals surface area (Å²) in [5.74, 6) is -0.815. The summed E-state index contributed by atoms with van der Waals surface area (Å²) in [6.07, 6.45) is 3.86. The number of pyridine rings is 1. The van der Waals surface area contributed by atoms with Crippen LogP contribution >= 0.6 is 24.8 Å². The Morgan fingerprint density at radius 1 is 1.40 bits per heavy atom. The molecule has 4 nitrogen and oxygen atoms in total. The van der Waals surface area contributed by atoms with Crippen LogP contribution in [0, 0.1) is 0 Å². The lowest BCUT2D eigenvalue weighted by molar-refractivity contribution is -0.137. The highest BCUT2D eigenvalue weighted by atomic mass is 35.5. The van der Waals surface area contributed by atoms with Crippen molar-refractivity contribution in [3.05, 3.63) is 30.1 Å². The van der Waals surface area contributed by atoms with Crippen LogP contribution in [0.1, 0.15) is 24.4 Å². The molecule has 0 saturated carbocycles. The number of hydrogen-bond donors (Lipinski definition) is 2. The molecule has 0 amide bonds. The lowest BCUT2D eigenvalue weighted by Crippen LogP contribution is -2.12. The Hall–Kier alpha value is -0.840. The third kappa shape index (κ3) is 6.28. The van der Waals surface area contributed by atoms with Crippen molar-refractivity contribution in [1.29, 1.82) is 0 Å². The van der Waals surface area contributed by atoms with Crippen molar-refractivity contribution in [1.82, 2.24) is 4.98 Å². The van der Waals surface area contributed by atoms with Crippen molar-refractivity contribution >= 4 is 30.8 Å². The van der Waals surface area contributed by atoms with Crippen LogP contribution in [0.5, 0.6) is 0 Å². The normalized spacial score (nSPS) is 10.7. The molecule has 1 aromatic heterocycles. The number of carboxylic acid groups (broad SMARTS) is 1. The highest BCUT2D eigenvalue weighted by molar-refractivity contribution is 5.85. The third-order valence-corrected chi connectivity index (χ3v) is 1.80. The second kappa shape index (κ2) is 8.47. The lowest BCUT2D eigenvalue weighted by atomic mass is 10.0. The second-order valence-corrected chi connectivity index (χ2v) is 2.82. The van der Waals surface area contributed by atoms with Crippen LogP contribution in [-0.4, -0.2) is 16.1 Å². The van der Waals surface area contributed by atoms with Gasteiger partial charge < -0.3 is 10.8 Å². The Bertz CT molecular complexity index is 283. The average Bonchev–Trinajstić information content (AvgIpc) is 2.15. The van der Waals surface area contributed by atoms with Crippen molar-refractivity contribution in [2.45, 2.75) is 18.9 Å². The van der Waals surface area contributed by atoms with Gasteiger partial charge in [-0.3, -0.25) is 9.78 Å². The molecule has 0 fully saturated rings. The van der Waals surface area contributed by atoms with Gasteiger partial charge in [-0.1, -0.05) is 0 Å². The number of nitrogens with zero attached hydrogens (tertiary/aromatic N) is 1. The molecule has 0 aliphatic heterocycles. The topological polar surface area (TPSA) is 76.2 Å². The van der Waals surface area contributed by atoms with Gasteiger partial charge in [0, 0.05) is 24.9 Å². The first-order chi connectivity index (χ1) is 6.20. The molecule has 1 heterocycles. The number of aromatic nitrogens is 1. The van der Waals surface area contributed by atoms with E-state index in [-0.39, 0.29) is 37.3 Å². The van der Waals surface area contributed by atoms with Gasteiger partial charge in [-0.2, -0.15) is 0 Å². The van der Waals surface area contributed by atoms with Gasteiger partial charge in [-0.25, -0.2) is 0 Å². The molecule has 15 heavy (non-hydrogen) atoms. The molecule has 86 valence electrons. The maximum atomic E-state index is 10.3. The Kier molecular flexibility index (Phi) is 9.36. The largest absolute Gasteiger partial charge is 0.481 e.